The first kappa shape index (κ1) is 18.9. The van der Waals surface area contributed by atoms with Gasteiger partial charge in [-0.2, -0.15) is 5.10 Å². The molecule has 136 valence electrons. The van der Waals surface area contributed by atoms with Crippen molar-refractivity contribution in [3.8, 4) is 5.75 Å². The van der Waals surface area contributed by atoms with Crippen molar-refractivity contribution in [2.75, 3.05) is 7.05 Å². The van der Waals surface area contributed by atoms with Gasteiger partial charge in [0, 0.05) is 17.8 Å². The van der Waals surface area contributed by atoms with Crippen LogP contribution in [0.2, 0.25) is 0 Å². The Morgan fingerprint density at radius 3 is 2.60 bits per heavy atom. The molecule has 2 aromatic rings. The Labute approximate surface area is 146 Å². The number of carboxylic acid groups (broad SMARTS) is 1. The summed E-state index contributed by atoms with van der Waals surface area (Å²) in [5.74, 6) is -1.49. The number of nitrogens with one attached hydrogen (secondary N) is 1. The Balaban J connectivity index is 2.43. The SMILES string of the molecule is Cc1n[nH]c(C)c1CN(C)C(C(=O)O)c1c(F)cccc1OC(C)C. The summed E-state index contributed by atoms with van der Waals surface area (Å²) >= 11 is 0. The van der Waals surface area contributed by atoms with Gasteiger partial charge >= 0.3 is 5.97 Å². The Kier molecular flexibility index (Phi) is 5.79. The van der Waals surface area contributed by atoms with E-state index < -0.39 is 17.8 Å². The van der Waals surface area contributed by atoms with Gasteiger partial charge in [-0.1, -0.05) is 6.07 Å². The standard InChI is InChI=1S/C18H24FN3O3/c1-10(2)25-15-8-6-7-14(19)16(15)17(18(23)24)22(5)9-13-11(3)20-21-12(13)4/h6-8,10,17H,9H2,1-5H3,(H,20,21)(H,23,24). The number of aryl methyl sites for hydroxylation is 2. The Hall–Kier alpha value is -2.41. The molecule has 1 heterocycles. The van der Waals surface area contributed by atoms with Gasteiger partial charge < -0.3 is 9.84 Å². The molecule has 6 nitrogen and oxygen atoms in total. The van der Waals surface area contributed by atoms with Gasteiger partial charge in [-0.15, -0.1) is 0 Å². The normalized spacial score (nSPS) is 12.6. The van der Waals surface area contributed by atoms with E-state index >= 15 is 0 Å². The highest BCUT2D eigenvalue weighted by molar-refractivity contribution is 5.77. The van der Waals surface area contributed by atoms with Crippen molar-refractivity contribution in [3.63, 3.8) is 0 Å². The number of hydrogen-bond donors (Lipinski definition) is 2. The predicted octanol–water partition coefficient (Wildman–Crippen LogP) is 3.21. The molecule has 1 unspecified atom stereocenters. The van der Waals surface area contributed by atoms with Crippen LogP contribution < -0.4 is 4.74 Å². The summed E-state index contributed by atoms with van der Waals surface area (Å²) < 4.78 is 20.2. The molecular formula is C18H24FN3O3. The molecule has 1 atom stereocenters. The summed E-state index contributed by atoms with van der Waals surface area (Å²) in [6.45, 7) is 7.66. The second kappa shape index (κ2) is 7.65. The molecule has 2 N–H and O–H groups in total. The third-order valence-electron chi connectivity index (χ3n) is 4.01. The molecule has 0 saturated heterocycles. The van der Waals surface area contributed by atoms with Crippen LogP contribution in [0.3, 0.4) is 0 Å². The van der Waals surface area contributed by atoms with Gasteiger partial charge in [-0.25, -0.2) is 4.39 Å². The van der Waals surface area contributed by atoms with Gasteiger partial charge in [-0.05, 0) is 46.9 Å². The van der Waals surface area contributed by atoms with E-state index in [9.17, 15) is 14.3 Å². The van der Waals surface area contributed by atoms with E-state index in [-0.39, 0.29) is 17.4 Å². The number of carbonyl (C=O) groups is 1. The third-order valence-corrected chi connectivity index (χ3v) is 4.01. The lowest BCUT2D eigenvalue weighted by Crippen LogP contribution is -2.32. The largest absolute Gasteiger partial charge is 0.491 e. The number of likely N-dealkylation sites (N-methyl/N-ethyl adjacent to an activating group) is 1. The quantitative estimate of drug-likeness (QED) is 0.802. The second-order valence-corrected chi connectivity index (χ2v) is 6.39. The maximum absolute atomic E-state index is 14.5. The molecule has 0 aliphatic carbocycles. The van der Waals surface area contributed by atoms with Crippen LogP contribution in [-0.4, -0.2) is 39.3 Å². The van der Waals surface area contributed by atoms with Crippen LogP contribution in [0.1, 0.15) is 42.4 Å². The molecule has 0 fully saturated rings. The molecule has 25 heavy (non-hydrogen) atoms. The summed E-state index contributed by atoms with van der Waals surface area (Å²) in [5.41, 5.74) is 2.59. The smallest absolute Gasteiger partial charge is 0.325 e. The van der Waals surface area contributed by atoms with Crippen molar-refractivity contribution in [2.45, 2.75) is 46.4 Å². The monoisotopic (exact) mass is 349 g/mol. The number of aromatic nitrogens is 2. The fourth-order valence-electron chi connectivity index (χ4n) is 2.82. The van der Waals surface area contributed by atoms with Crippen LogP contribution >= 0.6 is 0 Å². The Morgan fingerprint density at radius 1 is 1.40 bits per heavy atom. The number of benzene rings is 1. The summed E-state index contributed by atoms with van der Waals surface area (Å²) in [6, 6.07) is 3.18. The highest BCUT2D eigenvalue weighted by atomic mass is 19.1. The zero-order chi connectivity index (χ0) is 18.7. The van der Waals surface area contributed by atoms with E-state index in [1.165, 1.54) is 12.1 Å². The molecule has 0 aliphatic rings. The topological polar surface area (TPSA) is 78.5 Å². The van der Waals surface area contributed by atoms with Crippen LogP contribution in [-0.2, 0) is 11.3 Å². The number of halogens is 1. The molecule has 1 aromatic carbocycles. The number of nitrogens with zero attached hydrogens (tertiary/aromatic N) is 2. The first-order chi connectivity index (χ1) is 11.7. The number of carboxylic acids is 1. The van der Waals surface area contributed by atoms with E-state index in [0.29, 0.717) is 6.54 Å². The van der Waals surface area contributed by atoms with Crippen LogP contribution in [0.5, 0.6) is 5.75 Å². The van der Waals surface area contributed by atoms with Crippen molar-refractivity contribution in [1.29, 1.82) is 0 Å². The van der Waals surface area contributed by atoms with Crippen molar-refractivity contribution >= 4 is 5.97 Å². The average Bonchev–Trinajstić information content (AvgIpc) is 2.81. The van der Waals surface area contributed by atoms with Gasteiger partial charge in [0.25, 0.3) is 0 Å². The summed E-state index contributed by atoms with van der Waals surface area (Å²) in [6.07, 6.45) is -0.196. The fraction of sp³-hybridized carbons (Fsp3) is 0.444. The first-order valence-electron chi connectivity index (χ1n) is 8.11. The average molecular weight is 349 g/mol. The lowest BCUT2D eigenvalue weighted by molar-refractivity contribution is -0.143. The maximum atomic E-state index is 14.5. The summed E-state index contributed by atoms with van der Waals surface area (Å²) in [4.78, 5) is 13.5. The summed E-state index contributed by atoms with van der Waals surface area (Å²) in [7, 11) is 1.65. The van der Waals surface area contributed by atoms with Gasteiger partial charge in [0.15, 0.2) is 0 Å². The zero-order valence-electron chi connectivity index (χ0n) is 15.1. The third kappa shape index (κ3) is 4.17. The van der Waals surface area contributed by atoms with Crippen LogP contribution in [0.25, 0.3) is 0 Å². The number of ether oxygens (including phenoxy) is 1. The van der Waals surface area contributed by atoms with Crippen LogP contribution in [0, 0.1) is 19.7 Å². The molecule has 2 rings (SSSR count). The highest BCUT2D eigenvalue weighted by Gasteiger charge is 2.31. The van der Waals surface area contributed by atoms with E-state index in [0.717, 1.165) is 17.0 Å². The van der Waals surface area contributed by atoms with Gasteiger partial charge in [-0.3, -0.25) is 14.8 Å². The molecule has 0 saturated carbocycles. The van der Waals surface area contributed by atoms with E-state index in [1.54, 1.807) is 18.0 Å². The molecule has 0 aliphatic heterocycles. The van der Waals surface area contributed by atoms with Gasteiger partial charge in [0.1, 0.15) is 17.6 Å². The fourth-order valence-corrected chi connectivity index (χ4v) is 2.82. The van der Waals surface area contributed by atoms with Crippen molar-refractivity contribution in [1.82, 2.24) is 15.1 Å². The highest BCUT2D eigenvalue weighted by Crippen LogP contribution is 2.33. The molecule has 0 spiro atoms. The number of rotatable bonds is 7. The molecule has 7 heteroatoms. The van der Waals surface area contributed by atoms with Crippen LogP contribution in [0.4, 0.5) is 4.39 Å². The lowest BCUT2D eigenvalue weighted by atomic mass is 10.0. The first-order valence-corrected chi connectivity index (χ1v) is 8.11. The predicted molar refractivity (Wildman–Crippen MR) is 92.1 cm³/mol. The van der Waals surface area contributed by atoms with E-state index in [2.05, 4.69) is 10.2 Å². The lowest BCUT2D eigenvalue weighted by Gasteiger charge is -2.27. The second-order valence-electron chi connectivity index (χ2n) is 6.39. The number of aromatic amines is 1. The molecule has 0 radical (unpaired) electrons. The maximum Gasteiger partial charge on any atom is 0.325 e. The van der Waals surface area contributed by atoms with E-state index in [1.807, 2.05) is 27.7 Å². The van der Waals surface area contributed by atoms with Crippen molar-refractivity contribution in [3.05, 3.63) is 46.5 Å². The molecule has 1 aromatic heterocycles. The minimum absolute atomic E-state index is 0.0324. The molecule has 0 amide bonds. The van der Waals surface area contributed by atoms with Gasteiger partial charge in [0.2, 0.25) is 0 Å². The zero-order valence-corrected chi connectivity index (χ0v) is 15.1. The molecule has 0 bridgehead atoms. The van der Waals surface area contributed by atoms with Crippen molar-refractivity contribution in [2.24, 2.45) is 0 Å². The number of H-pyrrole nitrogens is 1. The van der Waals surface area contributed by atoms with E-state index in [4.69, 9.17) is 4.74 Å². The van der Waals surface area contributed by atoms with Crippen LogP contribution in [0.15, 0.2) is 18.2 Å². The minimum Gasteiger partial charge on any atom is -0.491 e. The van der Waals surface area contributed by atoms with Gasteiger partial charge in [0.05, 0.1) is 17.4 Å². The molecular weight excluding hydrogens is 325 g/mol. The Bertz CT molecular complexity index is 739. The Morgan fingerprint density at radius 2 is 2.08 bits per heavy atom. The summed E-state index contributed by atoms with van der Waals surface area (Å²) in [5, 5.41) is 16.8. The minimum atomic E-state index is -1.18. The van der Waals surface area contributed by atoms with Crippen molar-refractivity contribution < 1.29 is 19.0 Å². The number of aliphatic carboxylic acids is 1. The number of hydrogen-bond acceptors (Lipinski definition) is 4.